The van der Waals surface area contributed by atoms with Crippen LogP contribution in [0, 0.1) is 19.8 Å². The third kappa shape index (κ3) is 3.11. The van der Waals surface area contributed by atoms with Crippen LogP contribution in [-0.2, 0) is 4.74 Å². The lowest BCUT2D eigenvalue weighted by atomic mass is 10.0. The minimum Gasteiger partial charge on any atom is -0.379 e. The van der Waals surface area contributed by atoms with Crippen LogP contribution in [0.3, 0.4) is 0 Å². The van der Waals surface area contributed by atoms with Crippen LogP contribution < -0.4 is 0 Å². The van der Waals surface area contributed by atoms with Crippen molar-refractivity contribution in [1.29, 1.82) is 0 Å². The fourth-order valence-corrected chi connectivity index (χ4v) is 4.46. The van der Waals surface area contributed by atoms with E-state index >= 15 is 0 Å². The molecule has 2 aliphatic heterocycles. The summed E-state index contributed by atoms with van der Waals surface area (Å²) in [7, 11) is 0. The van der Waals surface area contributed by atoms with E-state index in [0.717, 1.165) is 50.7 Å². The van der Waals surface area contributed by atoms with Gasteiger partial charge in [-0.1, -0.05) is 6.92 Å². The molecule has 5 nitrogen and oxygen atoms in total. The van der Waals surface area contributed by atoms with E-state index in [9.17, 15) is 4.79 Å². The van der Waals surface area contributed by atoms with Gasteiger partial charge in [0.1, 0.15) is 0 Å². The highest BCUT2D eigenvalue weighted by atomic mass is 16.5. The third-order valence-electron chi connectivity index (χ3n) is 5.61. The van der Waals surface area contributed by atoms with E-state index < -0.39 is 0 Å². The maximum absolute atomic E-state index is 13.1. The van der Waals surface area contributed by atoms with Gasteiger partial charge < -0.3 is 14.2 Å². The van der Waals surface area contributed by atoms with E-state index in [-0.39, 0.29) is 5.91 Å². The van der Waals surface area contributed by atoms with Crippen LogP contribution in [0.1, 0.15) is 48.6 Å². The molecule has 1 amide bonds. The Labute approximate surface area is 145 Å². The Morgan fingerprint density at radius 1 is 1.21 bits per heavy atom. The molecule has 2 atom stereocenters. The average molecular weight is 333 g/mol. The van der Waals surface area contributed by atoms with Crippen molar-refractivity contribution >= 4 is 5.91 Å². The molecular formula is C19H31N3O2. The van der Waals surface area contributed by atoms with Crippen LogP contribution in [0.2, 0.25) is 0 Å². The number of hydrogen-bond donors (Lipinski definition) is 0. The van der Waals surface area contributed by atoms with E-state index in [1.54, 1.807) is 0 Å². The molecule has 2 fully saturated rings. The molecular weight excluding hydrogens is 302 g/mol. The second-order valence-corrected chi connectivity index (χ2v) is 7.65. The summed E-state index contributed by atoms with van der Waals surface area (Å²) in [6.45, 7) is 16.0. The Hall–Kier alpha value is -1.33. The number of aryl methyl sites for hydroxylation is 1. The Balaban J connectivity index is 1.75. The second kappa shape index (κ2) is 6.89. The molecule has 3 heterocycles. The van der Waals surface area contributed by atoms with Gasteiger partial charge in [0.15, 0.2) is 0 Å². The maximum atomic E-state index is 13.1. The molecule has 3 rings (SSSR count). The largest absolute Gasteiger partial charge is 0.379 e. The fourth-order valence-electron chi connectivity index (χ4n) is 4.46. The summed E-state index contributed by atoms with van der Waals surface area (Å²) in [5.41, 5.74) is 3.13. The summed E-state index contributed by atoms with van der Waals surface area (Å²) in [6, 6.07) is 2.90. The molecule has 0 unspecified atom stereocenters. The minimum absolute atomic E-state index is 0.192. The number of likely N-dealkylation sites (tertiary alicyclic amines) is 1. The van der Waals surface area contributed by atoms with Crippen molar-refractivity contribution in [3.8, 4) is 0 Å². The predicted octanol–water partition coefficient (Wildman–Crippen LogP) is 2.48. The number of amides is 1. The van der Waals surface area contributed by atoms with Crippen molar-refractivity contribution in [2.75, 3.05) is 39.4 Å². The molecule has 0 aliphatic carbocycles. The van der Waals surface area contributed by atoms with Gasteiger partial charge in [-0.2, -0.15) is 0 Å². The molecule has 0 bridgehead atoms. The fraction of sp³-hybridized carbons (Fsp3) is 0.737. The van der Waals surface area contributed by atoms with Crippen molar-refractivity contribution in [2.45, 2.75) is 46.7 Å². The van der Waals surface area contributed by atoms with Gasteiger partial charge in [0.05, 0.1) is 18.8 Å². The number of carbonyl (C=O) groups is 1. The van der Waals surface area contributed by atoms with Gasteiger partial charge >= 0.3 is 0 Å². The molecule has 134 valence electrons. The number of morpholine rings is 1. The van der Waals surface area contributed by atoms with Crippen molar-refractivity contribution in [2.24, 2.45) is 5.92 Å². The van der Waals surface area contributed by atoms with Crippen molar-refractivity contribution in [3.63, 3.8) is 0 Å². The average Bonchev–Trinajstić information content (AvgIpc) is 3.07. The van der Waals surface area contributed by atoms with Crippen molar-refractivity contribution < 1.29 is 9.53 Å². The summed E-state index contributed by atoms with van der Waals surface area (Å²) in [6.07, 6.45) is 0. The Morgan fingerprint density at radius 3 is 2.46 bits per heavy atom. The summed E-state index contributed by atoms with van der Waals surface area (Å²) in [5, 5.41) is 0. The van der Waals surface area contributed by atoms with E-state index in [2.05, 4.69) is 55.1 Å². The van der Waals surface area contributed by atoms with E-state index in [1.165, 1.54) is 5.69 Å². The normalized spacial score (nSPS) is 25.7. The Bertz CT molecular complexity index is 602. The molecule has 0 radical (unpaired) electrons. The molecule has 5 heteroatoms. The summed E-state index contributed by atoms with van der Waals surface area (Å²) in [4.78, 5) is 17.7. The van der Waals surface area contributed by atoms with Crippen LogP contribution in [0.25, 0.3) is 0 Å². The lowest BCUT2D eigenvalue weighted by Gasteiger charge is -2.34. The Kier molecular flexibility index (Phi) is 5.02. The highest BCUT2D eigenvalue weighted by molar-refractivity contribution is 5.96. The van der Waals surface area contributed by atoms with Gasteiger partial charge in [-0.3, -0.25) is 9.69 Å². The number of rotatable bonds is 3. The molecule has 0 saturated carbocycles. The number of aromatic nitrogens is 1. The Morgan fingerprint density at radius 2 is 1.88 bits per heavy atom. The first kappa shape index (κ1) is 17.5. The molecule has 1 aromatic heterocycles. The van der Waals surface area contributed by atoms with E-state index in [0.29, 0.717) is 18.0 Å². The predicted molar refractivity (Wildman–Crippen MR) is 95.5 cm³/mol. The summed E-state index contributed by atoms with van der Waals surface area (Å²) < 4.78 is 7.72. The SMILES string of the molecule is Cc1cc(C(=O)N2C[C@H](C)[C@@H](N3CCOCC3)C2)c(C)n1C(C)C. The minimum atomic E-state index is 0.192. The second-order valence-electron chi connectivity index (χ2n) is 7.65. The van der Waals surface area contributed by atoms with Gasteiger partial charge in [0.2, 0.25) is 0 Å². The first-order chi connectivity index (χ1) is 11.4. The molecule has 24 heavy (non-hydrogen) atoms. The summed E-state index contributed by atoms with van der Waals surface area (Å²) >= 11 is 0. The van der Waals surface area contributed by atoms with Gasteiger partial charge in [-0.25, -0.2) is 0 Å². The molecule has 0 spiro atoms. The highest BCUT2D eigenvalue weighted by Crippen LogP contribution is 2.27. The zero-order valence-electron chi connectivity index (χ0n) is 15.7. The lowest BCUT2D eigenvalue weighted by molar-refractivity contribution is 0.0119. The van der Waals surface area contributed by atoms with Crippen LogP contribution in [0.5, 0.6) is 0 Å². The van der Waals surface area contributed by atoms with Gasteiger partial charge in [0, 0.05) is 49.7 Å². The number of nitrogens with zero attached hydrogens (tertiary/aromatic N) is 3. The smallest absolute Gasteiger partial charge is 0.255 e. The molecule has 1 aromatic rings. The van der Waals surface area contributed by atoms with Crippen LogP contribution >= 0.6 is 0 Å². The highest BCUT2D eigenvalue weighted by Gasteiger charge is 2.37. The maximum Gasteiger partial charge on any atom is 0.255 e. The van der Waals surface area contributed by atoms with Crippen LogP contribution in [-0.4, -0.2) is 65.7 Å². The van der Waals surface area contributed by atoms with E-state index in [4.69, 9.17) is 4.74 Å². The van der Waals surface area contributed by atoms with Gasteiger partial charge in [-0.05, 0) is 39.7 Å². The third-order valence-corrected chi connectivity index (χ3v) is 5.61. The topological polar surface area (TPSA) is 37.7 Å². The van der Waals surface area contributed by atoms with Crippen LogP contribution in [0.4, 0.5) is 0 Å². The monoisotopic (exact) mass is 333 g/mol. The zero-order chi connectivity index (χ0) is 17.4. The lowest BCUT2D eigenvalue weighted by Crippen LogP contribution is -2.47. The molecule has 2 aliphatic rings. The number of ether oxygens (including phenoxy) is 1. The van der Waals surface area contributed by atoms with Gasteiger partial charge in [-0.15, -0.1) is 0 Å². The number of hydrogen-bond acceptors (Lipinski definition) is 3. The van der Waals surface area contributed by atoms with Crippen LogP contribution in [0.15, 0.2) is 6.07 Å². The zero-order valence-corrected chi connectivity index (χ0v) is 15.7. The molecule has 2 saturated heterocycles. The number of carbonyl (C=O) groups excluding carboxylic acids is 1. The quantitative estimate of drug-likeness (QED) is 0.853. The van der Waals surface area contributed by atoms with Crippen molar-refractivity contribution in [3.05, 3.63) is 23.0 Å². The standard InChI is InChI=1S/C19H31N3O2/c1-13(2)22-15(4)10-17(16(22)5)19(23)21-11-14(3)18(12-21)20-6-8-24-9-7-20/h10,13-14,18H,6-9,11-12H2,1-5H3/t14-,18-/m0/s1. The first-order valence-corrected chi connectivity index (χ1v) is 9.19. The summed E-state index contributed by atoms with van der Waals surface area (Å²) in [5.74, 6) is 0.707. The first-order valence-electron chi connectivity index (χ1n) is 9.19. The molecule has 0 aromatic carbocycles. The molecule has 0 N–H and O–H groups in total. The van der Waals surface area contributed by atoms with Crippen molar-refractivity contribution in [1.82, 2.24) is 14.4 Å². The van der Waals surface area contributed by atoms with E-state index in [1.807, 2.05) is 0 Å². The van der Waals surface area contributed by atoms with Gasteiger partial charge in [0.25, 0.3) is 5.91 Å².